The molecule has 0 bridgehead atoms. The van der Waals surface area contributed by atoms with Crippen molar-refractivity contribution in [3.05, 3.63) is 28.3 Å². The van der Waals surface area contributed by atoms with Crippen LogP contribution in [0.15, 0.2) is 6.07 Å². The van der Waals surface area contributed by atoms with E-state index in [1.807, 2.05) is 0 Å². The lowest BCUT2D eigenvalue weighted by Gasteiger charge is -2.16. The number of hydrogen-bond acceptors (Lipinski definition) is 3. The lowest BCUT2D eigenvalue weighted by atomic mass is 9.97. The average Bonchev–Trinajstić information content (AvgIpc) is 2.36. The van der Waals surface area contributed by atoms with Gasteiger partial charge in [-0.05, 0) is 49.4 Å². The molecule has 4 nitrogen and oxygen atoms in total. The summed E-state index contributed by atoms with van der Waals surface area (Å²) >= 11 is 0. The topological polar surface area (TPSA) is 64.3 Å². The van der Waals surface area contributed by atoms with Crippen LogP contribution in [0.1, 0.15) is 28.7 Å². The first-order chi connectivity index (χ1) is 9.01. The summed E-state index contributed by atoms with van der Waals surface area (Å²) in [5.74, 6) is 0.938. The van der Waals surface area contributed by atoms with Crippen LogP contribution in [0.4, 0.5) is 0 Å². The molecule has 0 saturated carbocycles. The molecular weight excluding hydrogens is 240 g/mol. The van der Waals surface area contributed by atoms with E-state index >= 15 is 0 Å². The third-order valence-corrected chi connectivity index (χ3v) is 3.39. The summed E-state index contributed by atoms with van der Waals surface area (Å²) in [4.78, 5) is 11.4. The van der Waals surface area contributed by atoms with Gasteiger partial charge in [-0.15, -0.1) is 0 Å². The first-order valence-corrected chi connectivity index (χ1v) is 6.61. The Hall–Kier alpha value is -1.55. The molecule has 1 aromatic carbocycles. The summed E-state index contributed by atoms with van der Waals surface area (Å²) in [6.45, 7) is 7.21. The third kappa shape index (κ3) is 3.96. The van der Waals surface area contributed by atoms with E-state index in [1.165, 1.54) is 16.7 Å². The van der Waals surface area contributed by atoms with Crippen molar-refractivity contribution >= 4 is 5.91 Å². The summed E-state index contributed by atoms with van der Waals surface area (Å²) in [7, 11) is 1.69. The molecule has 106 valence electrons. The maximum atomic E-state index is 11.4. The number of carbonyl (C=O) groups is 1. The molecule has 1 rings (SSSR count). The van der Waals surface area contributed by atoms with E-state index in [-0.39, 0.29) is 5.91 Å². The van der Waals surface area contributed by atoms with Crippen LogP contribution in [0.2, 0.25) is 0 Å². The maximum Gasteiger partial charge on any atom is 0.221 e. The van der Waals surface area contributed by atoms with Gasteiger partial charge in [-0.1, -0.05) is 6.07 Å². The summed E-state index contributed by atoms with van der Waals surface area (Å²) in [5.41, 5.74) is 10.1. The van der Waals surface area contributed by atoms with Gasteiger partial charge in [0, 0.05) is 19.5 Å². The molecule has 19 heavy (non-hydrogen) atoms. The monoisotopic (exact) mass is 264 g/mol. The molecule has 1 aromatic rings. The molecule has 0 spiro atoms. The molecule has 0 radical (unpaired) electrons. The van der Waals surface area contributed by atoms with Gasteiger partial charge in [-0.2, -0.15) is 0 Å². The van der Waals surface area contributed by atoms with E-state index < -0.39 is 0 Å². The Balaban J connectivity index is 2.78. The molecule has 0 saturated heterocycles. The van der Waals surface area contributed by atoms with E-state index in [0.717, 1.165) is 17.7 Å². The molecule has 0 heterocycles. The largest absolute Gasteiger partial charge is 0.496 e. The Bertz CT molecular complexity index is 456. The normalized spacial score (nSPS) is 10.4. The Kier molecular flexibility index (Phi) is 5.83. The molecule has 4 heteroatoms. The molecule has 0 aliphatic rings. The van der Waals surface area contributed by atoms with Crippen molar-refractivity contribution in [3.63, 3.8) is 0 Å². The van der Waals surface area contributed by atoms with Crippen LogP contribution in [0, 0.1) is 20.8 Å². The second-order valence-electron chi connectivity index (χ2n) is 4.79. The van der Waals surface area contributed by atoms with Crippen LogP contribution < -0.4 is 15.8 Å². The van der Waals surface area contributed by atoms with E-state index in [9.17, 15) is 4.79 Å². The van der Waals surface area contributed by atoms with Crippen LogP contribution in [0.5, 0.6) is 5.75 Å². The van der Waals surface area contributed by atoms with E-state index in [0.29, 0.717) is 19.5 Å². The number of benzene rings is 1. The Labute approximate surface area is 115 Å². The van der Waals surface area contributed by atoms with Gasteiger partial charge in [0.1, 0.15) is 5.75 Å². The van der Waals surface area contributed by atoms with Crippen molar-refractivity contribution in [2.24, 2.45) is 5.73 Å². The molecule has 0 aromatic heterocycles. The van der Waals surface area contributed by atoms with Crippen molar-refractivity contribution in [2.45, 2.75) is 33.6 Å². The molecule has 1 amide bonds. The van der Waals surface area contributed by atoms with Crippen molar-refractivity contribution in [1.29, 1.82) is 0 Å². The lowest BCUT2D eigenvalue weighted by Crippen LogP contribution is -2.27. The highest BCUT2D eigenvalue weighted by atomic mass is 16.5. The highest BCUT2D eigenvalue weighted by Crippen LogP contribution is 2.29. The zero-order valence-electron chi connectivity index (χ0n) is 12.3. The smallest absolute Gasteiger partial charge is 0.221 e. The molecule has 0 atom stereocenters. The highest BCUT2D eigenvalue weighted by molar-refractivity contribution is 5.76. The van der Waals surface area contributed by atoms with E-state index in [4.69, 9.17) is 10.5 Å². The van der Waals surface area contributed by atoms with Crippen molar-refractivity contribution in [3.8, 4) is 5.75 Å². The second-order valence-corrected chi connectivity index (χ2v) is 4.79. The molecule has 0 aliphatic heterocycles. The average molecular weight is 264 g/mol. The van der Waals surface area contributed by atoms with Crippen molar-refractivity contribution in [2.75, 3.05) is 20.2 Å². The van der Waals surface area contributed by atoms with Crippen molar-refractivity contribution in [1.82, 2.24) is 5.32 Å². The van der Waals surface area contributed by atoms with Gasteiger partial charge in [0.2, 0.25) is 5.91 Å². The number of nitrogens with one attached hydrogen (secondary N) is 1. The maximum absolute atomic E-state index is 11.4. The zero-order chi connectivity index (χ0) is 14.4. The minimum atomic E-state index is 0.00273. The minimum Gasteiger partial charge on any atom is -0.496 e. The standard InChI is InChI=1S/C15H24N2O2/c1-10-9-11(2)13(15(19-4)12(10)3)6-8-17-14(18)5-7-16/h9H,5-8,16H2,1-4H3,(H,17,18). The van der Waals surface area contributed by atoms with E-state index in [2.05, 4.69) is 32.2 Å². The number of nitrogens with two attached hydrogens (primary N) is 1. The Morgan fingerprint density at radius 2 is 2.00 bits per heavy atom. The van der Waals surface area contributed by atoms with E-state index in [1.54, 1.807) is 7.11 Å². The SMILES string of the molecule is COc1c(C)c(C)cc(C)c1CCNC(=O)CCN. The third-order valence-electron chi connectivity index (χ3n) is 3.39. The number of amides is 1. The highest BCUT2D eigenvalue weighted by Gasteiger charge is 2.12. The fourth-order valence-corrected chi connectivity index (χ4v) is 2.24. The Morgan fingerprint density at radius 1 is 1.32 bits per heavy atom. The van der Waals surface area contributed by atoms with Gasteiger partial charge < -0.3 is 15.8 Å². The van der Waals surface area contributed by atoms with Crippen LogP contribution in [0.25, 0.3) is 0 Å². The first-order valence-electron chi connectivity index (χ1n) is 6.61. The molecule has 0 unspecified atom stereocenters. The minimum absolute atomic E-state index is 0.00273. The molecule has 0 aliphatic carbocycles. The second kappa shape index (κ2) is 7.14. The predicted molar refractivity (Wildman–Crippen MR) is 77.6 cm³/mol. The predicted octanol–water partition coefficient (Wildman–Crippen LogP) is 1.63. The quantitative estimate of drug-likeness (QED) is 0.820. The summed E-state index contributed by atoms with van der Waals surface area (Å²) < 4.78 is 5.51. The van der Waals surface area contributed by atoms with Gasteiger partial charge in [-0.25, -0.2) is 0 Å². The molecule has 3 N–H and O–H groups in total. The molecule has 0 fully saturated rings. The van der Waals surface area contributed by atoms with Gasteiger partial charge >= 0.3 is 0 Å². The number of hydrogen-bond donors (Lipinski definition) is 2. The fraction of sp³-hybridized carbons (Fsp3) is 0.533. The number of rotatable bonds is 6. The van der Waals surface area contributed by atoms with Crippen LogP contribution in [-0.4, -0.2) is 26.1 Å². The van der Waals surface area contributed by atoms with Crippen LogP contribution in [0.3, 0.4) is 0 Å². The van der Waals surface area contributed by atoms with Gasteiger partial charge in [0.25, 0.3) is 0 Å². The number of methoxy groups -OCH3 is 1. The number of ether oxygens (including phenoxy) is 1. The first kappa shape index (κ1) is 15.5. The lowest BCUT2D eigenvalue weighted by molar-refractivity contribution is -0.120. The summed E-state index contributed by atoms with van der Waals surface area (Å²) in [6, 6.07) is 2.16. The zero-order valence-corrected chi connectivity index (χ0v) is 12.3. The summed E-state index contributed by atoms with van der Waals surface area (Å²) in [5, 5.41) is 2.87. The van der Waals surface area contributed by atoms with Crippen LogP contribution in [-0.2, 0) is 11.2 Å². The van der Waals surface area contributed by atoms with Gasteiger partial charge in [0.15, 0.2) is 0 Å². The van der Waals surface area contributed by atoms with Crippen LogP contribution >= 0.6 is 0 Å². The number of carbonyl (C=O) groups excluding carboxylic acids is 1. The van der Waals surface area contributed by atoms with Crippen molar-refractivity contribution < 1.29 is 9.53 Å². The van der Waals surface area contributed by atoms with Gasteiger partial charge in [0.05, 0.1) is 7.11 Å². The fourth-order valence-electron chi connectivity index (χ4n) is 2.24. The Morgan fingerprint density at radius 3 is 2.58 bits per heavy atom. The summed E-state index contributed by atoms with van der Waals surface area (Å²) in [6.07, 6.45) is 1.15. The van der Waals surface area contributed by atoms with Gasteiger partial charge in [-0.3, -0.25) is 4.79 Å². The number of aryl methyl sites for hydroxylation is 2. The molecular formula is C15H24N2O2.